The molecule has 0 spiro atoms. The molecule has 24 heavy (non-hydrogen) atoms. The molecule has 0 atom stereocenters. The van der Waals surface area contributed by atoms with E-state index in [0.717, 1.165) is 50.7 Å². The Hall–Kier alpha value is -1.08. The van der Waals surface area contributed by atoms with Crippen LogP contribution in [0.25, 0.3) is 0 Å². The number of nitrogens with one attached hydrogen (secondary N) is 1. The fraction of sp³-hybridized carbons (Fsp3) is 0.647. The van der Waals surface area contributed by atoms with Crippen LogP contribution in [-0.4, -0.2) is 14.0 Å². The Bertz CT molecular complexity index is 722. The van der Waals surface area contributed by atoms with Gasteiger partial charge in [-0.25, -0.2) is 13.1 Å². The Morgan fingerprint density at radius 3 is 1.96 bits per heavy atom. The number of halogens is 3. The Morgan fingerprint density at radius 2 is 1.46 bits per heavy atom. The first kappa shape index (κ1) is 16.4. The van der Waals surface area contributed by atoms with Crippen molar-refractivity contribution in [3.05, 3.63) is 29.8 Å². The summed E-state index contributed by atoms with van der Waals surface area (Å²) in [6, 6.07) is 4.43. The third-order valence-corrected chi connectivity index (χ3v) is 7.51. The molecule has 0 unspecified atom stereocenters. The van der Waals surface area contributed by atoms with Crippen LogP contribution < -0.4 is 4.72 Å². The lowest BCUT2D eigenvalue weighted by atomic mass is 9.53. The molecule has 1 aromatic rings. The number of benzene rings is 1. The zero-order valence-corrected chi connectivity index (χ0v) is 14.0. The maximum Gasteiger partial charge on any atom is 0.417 e. The van der Waals surface area contributed by atoms with Crippen LogP contribution in [0.1, 0.15) is 44.1 Å². The summed E-state index contributed by atoms with van der Waals surface area (Å²) >= 11 is 0. The maximum atomic E-state index is 13.2. The lowest BCUT2D eigenvalue weighted by molar-refractivity contribution is -0.139. The first-order valence-electron chi connectivity index (χ1n) is 8.37. The average molecular weight is 359 g/mol. The molecule has 0 heterocycles. The van der Waals surface area contributed by atoms with Crippen LogP contribution in [0.2, 0.25) is 0 Å². The fourth-order valence-corrected chi connectivity index (χ4v) is 7.17. The van der Waals surface area contributed by atoms with Gasteiger partial charge in [0.25, 0.3) is 0 Å². The van der Waals surface area contributed by atoms with E-state index in [1.54, 1.807) is 0 Å². The Labute approximate surface area is 139 Å². The summed E-state index contributed by atoms with van der Waals surface area (Å²) in [5.74, 6) is 1.53. The van der Waals surface area contributed by atoms with E-state index in [9.17, 15) is 21.6 Å². The van der Waals surface area contributed by atoms with E-state index in [-0.39, 0.29) is 0 Å². The number of hydrogen-bond acceptors (Lipinski definition) is 2. The zero-order chi connectivity index (χ0) is 17.2. The first-order chi connectivity index (χ1) is 11.2. The maximum absolute atomic E-state index is 13.2. The van der Waals surface area contributed by atoms with Gasteiger partial charge in [0.15, 0.2) is 0 Å². The lowest BCUT2D eigenvalue weighted by Crippen LogP contribution is -2.59. The van der Waals surface area contributed by atoms with E-state index < -0.39 is 32.2 Å². The van der Waals surface area contributed by atoms with Gasteiger partial charge in [-0.15, -0.1) is 0 Å². The highest BCUT2D eigenvalue weighted by atomic mass is 32.2. The topological polar surface area (TPSA) is 46.2 Å². The molecule has 3 nitrogen and oxygen atoms in total. The van der Waals surface area contributed by atoms with Crippen molar-refractivity contribution in [3.63, 3.8) is 0 Å². The molecule has 0 radical (unpaired) electrons. The highest BCUT2D eigenvalue weighted by molar-refractivity contribution is 7.89. The molecule has 7 heteroatoms. The van der Waals surface area contributed by atoms with Crippen LogP contribution in [-0.2, 0) is 16.2 Å². The van der Waals surface area contributed by atoms with Gasteiger partial charge in [0.05, 0.1) is 10.5 Å². The minimum absolute atomic E-state index is 0.511. The largest absolute Gasteiger partial charge is 0.417 e. The van der Waals surface area contributed by atoms with Crippen LogP contribution in [0.5, 0.6) is 0 Å². The van der Waals surface area contributed by atoms with E-state index in [1.807, 2.05) is 0 Å². The second-order valence-corrected chi connectivity index (χ2v) is 9.45. The van der Waals surface area contributed by atoms with Gasteiger partial charge in [-0.1, -0.05) is 12.1 Å². The van der Waals surface area contributed by atoms with Gasteiger partial charge in [0, 0.05) is 5.54 Å². The Kier molecular flexibility index (Phi) is 3.56. The van der Waals surface area contributed by atoms with Crippen LogP contribution in [0.4, 0.5) is 13.2 Å². The summed E-state index contributed by atoms with van der Waals surface area (Å²) in [5.41, 5.74) is -1.64. The second-order valence-electron chi connectivity index (χ2n) is 7.80. The number of hydrogen-bond donors (Lipinski definition) is 1. The molecule has 0 aromatic heterocycles. The molecule has 4 aliphatic carbocycles. The molecule has 0 saturated heterocycles. The number of rotatable bonds is 3. The van der Waals surface area contributed by atoms with Crippen molar-refractivity contribution in [2.75, 3.05) is 0 Å². The molecule has 4 fully saturated rings. The van der Waals surface area contributed by atoms with Crippen LogP contribution in [0.15, 0.2) is 29.2 Å². The van der Waals surface area contributed by atoms with Crippen molar-refractivity contribution in [1.82, 2.24) is 4.72 Å². The average Bonchev–Trinajstić information content (AvgIpc) is 2.43. The van der Waals surface area contributed by atoms with Crippen molar-refractivity contribution >= 4 is 10.0 Å². The number of alkyl halides is 3. The minimum atomic E-state index is -4.69. The fourth-order valence-electron chi connectivity index (χ4n) is 5.51. The summed E-state index contributed by atoms with van der Waals surface area (Å²) < 4.78 is 67.8. The zero-order valence-electron chi connectivity index (χ0n) is 13.1. The first-order valence-corrected chi connectivity index (χ1v) is 9.85. The van der Waals surface area contributed by atoms with Crippen molar-refractivity contribution in [1.29, 1.82) is 0 Å². The van der Waals surface area contributed by atoms with Gasteiger partial charge in [0.1, 0.15) is 0 Å². The molecule has 1 N–H and O–H groups in total. The molecule has 1 aromatic carbocycles. The predicted molar refractivity (Wildman–Crippen MR) is 82.7 cm³/mol. The second kappa shape index (κ2) is 5.21. The van der Waals surface area contributed by atoms with Crippen molar-refractivity contribution in [3.8, 4) is 0 Å². The monoisotopic (exact) mass is 359 g/mol. The molecule has 5 rings (SSSR count). The van der Waals surface area contributed by atoms with E-state index >= 15 is 0 Å². The van der Waals surface area contributed by atoms with Gasteiger partial charge in [-0.05, 0) is 68.4 Å². The van der Waals surface area contributed by atoms with Crippen molar-refractivity contribution in [2.45, 2.75) is 55.1 Å². The Morgan fingerprint density at radius 1 is 0.958 bits per heavy atom. The smallest absolute Gasteiger partial charge is 0.207 e. The molecular weight excluding hydrogens is 339 g/mol. The van der Waals surface area contributed by atoms with E-state index in [4.69, 9.17) is 0 Å². The highest BCUT2D eigenvalue weighted by Gasteiger charge is 2.53. The summed E-state index contributed by atoms with van der Waals surface area (Å²) in [5, 5.41) is 0. The van der Waals surface area contributed by atoms with Crippen LogP contribution >= 0.6 is 0 Å². The SMILES string of the molecule is O=S(=O)(NC12CC3CC(CC(C3)C1)C2)c1ccccc1C(F)(F)F. The molecule has 132 valence electrons. The van der Waals surface area contributed by atoms with Gasteiger partial charge >= 0.3 is 6.18 Å². The van der Waals surface area contributed by atoms with Crippen molar-refractivity contribution in [2.24, 2.45) is 17.8 Å². The van der Waals surface area contributed by atoms with Crippen LogP contribution in [0.3, 0.4) is 0 Å². The van der Waals surface area contributed by atoms with Gasteiger partial charge in [-0.3, -0.25) is 0 Å². The third kappa shape index (κ3) is 2.75. The quantitative estimate of drug-likeness (QED) is 0.888. The van der Waals surface area contributed by atoms with E-state index in [0.29, 0.717) is 17.8 Å². The Balaban J connectivity index is 1.68. The molecule has 0 amide bonds. The normalized spacial score (nSPS) is 35.4. The summed E-state index contributed by atoms with van der Waals surface area (Å²) in [6.07, 6.45) is 0.998. The van der Waals surface area contributed by atoms with E-state index in [2.05, 4.69) is 4.72 Å². The molecule has 0 aliphatic heterocycles. The van der Waals surface area contributed by atoms with E-state index in [1.165, 1.54) is 12.1 Å². The lowest BCUT2D eigenvalue weighted by Gasteiger charge is -2.56. The minimum Gasteiger partial charge on any atom is -0.207 e. The summed E-state index contributed by atoms with van der Waals surface area (Å²) in [6.45, 7) is 0. The molecule has 4 saturated carbocycles. The van der Waals surface area contributed by atoms with Crippen molar-refractivity contribution < 1.29 is 21.6 Å². The predicted octanol–water partition coefficient (Wildman–Crippen LogP) is 3.95. The van der Waals surface area contributed by atoms with Gasteiger partial charge < -0.3 is 0 Å². The summed E-state index contributed by atoms with van der Waals surface area (Å²) in [4.78, 5) is -0.659. The molecule has 4 bridgehead atoms. The van der Waals surface area contributed by atoms with Crippen LogP contribution in [0, 0.1) is 17.8 Å². The third-order valence-electron chi connectivity index (χ3n) is 5.87. The number of sulfonamides is 1. The van der Waals surface area contributed by atoms with Gasteiger partial charge in [-0.2, -0.15) is 13.2 Å². The van der Waals surface area contributed by atoms with Gasteiger partial charge in [0.2, 0.25) is 10.0 Å². The highest BCUT2D eigenvalue weighted by Crippen LogP contribution is 2.56. The standard InChI is InChI=1S/C17H20F3NO2S/c18-17(19,20)14-3-1-2-4-15(14)24(22,23)21-16-8-11-5-12(9-16)7-13(6-11)10-16/h1-4,11-13,21H,5-10H2. The molecule has 4 aliphatic rings. The molecular formula is C17H20F3NO2S. The summed E-state index contributed by atoms with van der Waals surface area (Å²) in [7, 11) is -4.21.